The molecule has 0 saturated heterocycles. The fourth-order valence-electron chi connectivity index (χ4n) is 2.93. The number of carbonyl (C=O) groups is 3. The Morgan fingerprint density at radius 2 is 2.21 bits per heavy atom. The van der Waals surface area contributed by atoms with E-state index < -0.39 is 23.7 Å². The summed E-state index contributed by atoms with van der Waals surface area (Å²) in [6.45, 7) is 1.96. The van der Waals surface area contributed by atoms with E-state index in [1.54, 1.807) is 6.08 Å². The van der Waals surface area contributed by atoms with Gasteiger partial charge in [0.1, 0.15) is 11.9 Å². The molecule has 1 aromatic heterocycles. The Morgan fingerprint density at radius 1 is 1.46 bits per heavy atom. The molecule has 0 aliphatic carbocycles. The van der Waals surface area contributed by atoms with Crippen LogP contribution in [0.1, 0.15) is 26.2 Å². The van der Waals surface area contributed by atoms with Crippen LogP contribution in [0, 0.1) is 11.7 Å². The molecule has 152 valence electrons. The standard InChI is InChI=1S/C18H23FN4O5/c1-2-3-5-13(10-21(27)12-24)18(26)22-9-4-6-15(22)17(25)20-16-8-7-14(19)11-23(16)28/h4,6-8,11-13,15,27-28H,2-3,5,9-10H2,1H3/t13-,15+/m1/s1. The van der Waals surface area contributed by atoms with E-state index in [0.717, 1.165) is 24.8 Å². The highest BCUT2D eigenvalue weighted by molar-refractivity contribution is 5.91. The molecule has 2 N–H and O–H groups in total. The van der Waals surface area contributed by atoms with E-state index in [9.17, 15) is 29.2 Å². The molecular weight excluding hydrogens is 371 g/mol. The molecule has 0 radical (unpaired) electrons. The van der Waals surface area contributed by atoms with Crippen LogP contribution in [0.25, 0.3) is 0 Å². The number of hydroxylamine groups is 2. The predicted octanol–water partition coefficient (Wildman–Crippen LogP) is 0.713. The van der Waals surface area contributed by atoms with Crippen molar-refractivity contribution in [2.24, 2.45) is 10.9 Å². The zero-order valence-corrected chi connectivity index (χ0v) is 15.4. The van der Waals surface area contributed by atoms with Gasteiger partial charge in [0.25, 0.3) is 5.91 Å². The number of hydrogen-bond donors (Lipinski definition) is 2. The van der Waals surface area contributed by atoms with Gasteiger partial charge in [0, 0.05) is 6.54 Å². The smallest absolute Gasteiger partial charge is 0.274 e. The zero-order chi connectivity index (χ0) is 20.7. The molecule has 1 aromatic rings. The van der Waals surface area contributed by atoms with Crippen molar-refractivity contribution >= 4 is 18.2 Å². The summed E-state index contributed by atoms with van der Waals surface area (Å²) in [5, 5.41) is 19.5. The second-order valence-electron chi connectivity index (χ2n) is 6.43. The number of rotatable bonds is 8. The number of aromatic nitrogens is 1. The highest BCUT2D eigenvalue weighted by Crippen LogP contribution is 2.19. The molecule has 0 saturated carbocycles. The minimum absolute atomic E-state index is 0.175. The third kappa shape index (κ3) is 5.26. The average Bonchev–Trinajstić information content (AvgIpc) is 3.16. The van der Waals surface area contributed by atoms with Crippen LogP contribution >= 0.6 is 0 Å². The lowest BCUT2D eigenvalue weighted by molar-refractivity contribution is -0.157. The zero-order valence-electron chi connectivity index (χ0n) is 15.4. The van der Waals surface area contributed by atoms with E-state index in [1.807, 2.05) is 6.92 Å². The van der Waals surface area contributed by atoms with Crippen LogP contribution in [0.4, 0.5) is 4.39 Å². The molecule has 0 spiro atoms. The Morgan fingerprint density at radius 3 is 2.86 bits per heavy atom. The number of hydrogen-bond acceptors (Lipinski definition) is 5. The largest absolute Gasteiger partial charge is 0.427 e. The Bertz CT molecular complexity index is 822. The predicted molar refractivity (Wildman–Crippen MR) is 94.4 cm³/mol. The van der Waals surface area contributed by atoms with Gasteiger partial charge in [-0.15, -0.1) is 0 Å². The van der Waals surface area contributed by atoms with Crippen molar-refractivity contribution in [2.45, 2.75) is 32.2 Å². The molecule has 1 aliphatic rings. The van der Waals surface area contributed by atoms with Gasteiger partial charge in [-0.05, 0) is 18.6 Å². The van der Waals surface area contributed by atoms with Crippen molar-refractivity contribution in [1.29, 1.82) is 0 Å². The highest BCUT2D eigenvalue weighted by atomic mass is 19.1. The highest BCUT2D eigenvalue weighted by Gasteiger charge is 2.34. The van der Waals surface area contributed by atoms with E-state index in [-0.39, 0.29) is 30.9 Å². The molecule has 1 aliphatic heterocycles. The fourth-order valence-corrected chi connectivity index (χ4v) is 2.93. The first-order valence-corrected chi connectivity index (χ1v) is 8.91. The van der Waals surface area contributed by atoms with E-state index in [4.69, 9.17) is 0 Å². The molecule has 9 nitrogen and oxygen atoms in total. The summed E-state index contributed by atoms with van der Waals surface area (Å²) in [5.74, 6) is -2.46. The number of unbranched alkanes of at least 4 members (excludes halogenated alkanes) is 1. The molecule has 2 rings (SSSR count). The summed E-state index contributed by atoms with van der Waals surface area (Å²) >= 11 is 0. The lowest BCUT2D eigenvalue weighted by Gasteiger charge is -2.28. The summed E-state index contributed by atoms with van der Waals surface area (Å²) in [4.78, 5) is 41.2. The maximum absolute atomic E-state index is 13.1. The second-order valence-corrected chi connectivity index (χ2v) is 6.43. The number of nitrogens with zero attached hydrogens (tertiary/aromatic N) is 4. The maximum Gasteiger partial charge on any atom is 0.274 e. The topological polar surface area (TPSA) is 115 Å². The minimum Gasteiger partial charge on any atom is -0.427 e. The normalized spacial score (nSPS) is 17.6. The Balaban J connectivity index is 2.20. The third-order valence-corrected chi connectivity index (χ3v) is 4.37. The summed E-state index contributed by atoms with van der Waals surface area (Å²) < 4.78 is 13.4. The van der Waals surface area contributed by atoms with Crippen molar-refractivity contribution < 1.29 is 29.2 Å². The summed E-state index contributed by atoms with van der Waals surface area (Å²) in [7, 11) is 0. The van der Waals surface area contributed by atoms with Crippen molar-refractivity contribution in [3.05, 3.63) is 41.8 Å². The first-order valence-electron chi connectivity index (χ1n) is 8.91. The first kappa shape index (κ1) is 21.3. The minimum atomic E-state index is -0.981. The van der Waals surface area contributed by atoms with Gasteiger partial charge in [-0.1, -0.05) is 31.9 Å². The lowest BCUT2D eigenvalue weighted by Crippen LogP contribution is -2.46. The van der Waals surface area contributed by atoms with Crippen molar-refractivity contribution in [3.63, 3.8) is 0 Å². The quantitative estimate of drug-likeness (QED) is 0.222. The fraction of sp³-hybridized carbons (Fsp3) is 0.444. The van der Waals surface area contributed by atoms with Gasteiger partial charge in [-0.25, -0.2) is 9.45 Å². The molecule has 2 atom stereocenters. The van der Waals surface area contributed by atoms with Crippen LogP contribution in [-0.4, -0.2) is 62.5 Å². The number of carbonyl (C=O) groups excluding carboxylic acids is 3. The monoisotopic (exact) mass is 394 g/mol. The van der Waals surface area contributed by atoms with Crippen LogP contribution in [0.5, 0.6) is 0 Å². The first-order chi connectivity index (χ1) is 13.4. The van der Waals surface area contributed by atoms with E-state index >= 15 is 0 Å². The van der Waals surface area contributed by atoms with Gasteiger partial charge in [0.2, 0.25) is 12.3 Å². The molecule has 0 bridgehead atoms. The van der Waals surface area contributed by atoms with Gasteiger partial charge < -0.3 is 10.1 Å². The van der Waals surface area contributed by atoms with E-state index in [2.05, 4.69) is 4.99 Å². The molecule has 0 fully saturated rings. The van der Waals surface area contributed by atoms with E-state index in [1.165, 1.54) is 11.0 Å². The third-order valence-electron chi connectivity index (χ3n) is 4.37. The van der Waals surface area contributed by atoms with Gasteiger partial charge in [0.15, 0.2) is 5.49 Å². The summed E-state index contributed by atoms with van der Waals surface area (Å²) in [6, 6.07) is 1.20. The van der Waals surface area contributed by atoms with Crippen LogP contribution in [0.15, 0.2) is 35.5 Å². The van der Waals surface area contributed by atoms with Gasteiger partial charge in [0.05, 0.1) is 18.7 Å². The van der Waals surface area contributed by atoms with Crippen molar-refractivity contribution in [1.82, 2.24) is 14.7 Å². The Labute approximate surface area is 160 Å². The molecule has 0 unspecified atom stereocenters. The Kier molecular flexibility index (Phi) is 7.44. The molecule has 0 aromatic carbocycles. The van der Waals surface area contributed by atoms with Crippen LogP contribution in [0.3, 0.4) is 0 Å². The molecule has 2 heterocycles. The van der Waals surface area contributed by atoms with Crippen LogP contribution in [0.2, 0.25) is 0 Å². The SMILES string of the molecule is CCCC[C@H](CN(O)C=O)C(=O)N1CC=C[C@H]1C(=O)N=c1ccc(F)cn1O. The molecule has 3 amide bonds. The van der Waals surface area contributed by atoms with Crippen molar-refractivity contribution in [2.75, 3.05) is 13.1 Å². The average molecular weight is 394 g/mol. The lowest BCUT2D eigenvalue weighted by atomic mass is 9.99. The Hall–Kier alpha value is -3.01. The van der Waals surface area contributed by atoms with Gasteiger partial charge >= 0.3 is 0 Å². The second kappa shape index (κ2) is 9.79. The number of amides is 3. The van der Waals surface area contributed by atoms with Crippen LogP contribution < -0.4 is 5.49 Å². The van der Waals surface area contributed by atoms with E-state index in [0.29, 0.717) is 22.6 Å². The summed E-state index contributed by atoms with van der Waals surface area (Å²) in [6.07, 6.45) is 6.13. The molecule has 10 heteroatoms. The van der Waals surface area contributed by atoms with Crippen LogP contribution in [-0.2, 0) is 14.4 Å². The maximum atomic E-state index is 13.1. The molecular formula is C18H23FN4O5. The number of halogens is 1. The summed E-state index contributed by atoms with van der Waals surface area (Å²) in [5.41, 5.74) is -0.177. The van der Waals surface area contributed by atoms with Gasteiger partial charge in [-0.3, -0.25) is 19.6 Å². The van der Waals surface area contributed by atoms with Gasteiger partial charge in [-0.2, -0.15) is 9.72 Å². The number of pyridine rings is 1. The van der Waals surface area contributed by atoms with Crippen molar-refractivity contribution in [3.8, 4) is 0 Å². The molecule has 28 heavy (non-hydrogen) atoms.